The fraction of sp³-hybridized carbons (Fsp3) is 0.353. The summed E-state index contributed by atoms with van der Waals surface area (Å²) in [5, 5.41) is 3.23. The van der Waals surface area contributed by atoms with Crippen LogP contribution >= 0.6 is 0 Å². The summed E-state index contributed by atoms with van der Waals surface area (Å²) in [6.07, 6.45) is 0.900. The number of H-pyrrole nitrogens is 1. The van der Waals surface area contributed by atoms with Gasteiger partial charge in [0, 0.05) is 19.3 Å². The number of nitrogens with one attached hydrogen (secondary N) is 2. The average Bonchev–Trinajstić information content (AvgIpc) is 2.48. The molecule has 0 bridgehead atoms. The second-order valence-electron chi connectivity index (χ2n) is 5.07. The van der Waals surface area contributed by atoms with E-state index in [2.05, 4.69) is 17.2 Å². The molecule has 1 heterocycles. The van der Waals surface area contributed by atoms with Gasteiger partial charge in [-0.05, 0) is 36.1 Å². The number of aromatic nitrogens is 1. The SMILES string of the molecule is CCc1cc(NCc2ccccc2COC)c(=O)[nH]c1C. The molecule has 21 heavy (non-hydrogen) atoms. The number of aryl methyl sites for hydroxylation is 2. The Morgan fingerprint density at radius 1 is 1.19 bits per heavy atom. The fourth-order valence-corrected chi connectivity index (χ4v) is 2.38. The summed E-state index contributed by atoms with van der Waals surface area (Å²) in [6, 6.07) is 10.0. The molecule has 0 saturated heterocycles. The zero-order chi connectivity index (χ0) is 15.2. The van der Waals surface area contributed by atoms with Crippen LogP contribution in [0.2, 0.25) is 0 Å². The van der Waals surface area contributed by atoms with E-state index in [0.29, 0.717) is 18.8 Å². The Bertz CT molecular complexity index is 662. The second kappa shape index (κ2) is 7.09. The van der Waals surface area contributed by atoms with E-state index in [-0.39, 0.29) is 5.56 Å². The van der Waals surface area contributed by atoms with E-state index >= 15 is 0 Å². The van der Waals surface area contributed by atoms with Crippen molar-refractivity contribution in [1.29, 1.82) is 0 Å². The van der Waals surface area contributed by atoms with Crippen LogP contribution in [-0.2, 0) is 24.3 Å². The number of benzene rings is 1. The monoisotopic (exact) mass is 286 g/mol. The smallest absolute Gasteiger partial charge is 0.271 e. The Kier molecular flexibility index (Phi) is 5.17. The van der Waals surface area contributed by atoms with E-state index < -0.39 is 0 Å². The van der Waals surface area contributed by atoms with Crippen LogP contribution in [0.5, 0.6) is 0 Å². The van der Waals surface area contributed by atoms with Crippen molar-refractivity contribution in [2.24, 2.45) is 0 Å². The van der Waals surface area contributed by atoms with Gasteiger partial charge in [-0.15, -0.1) is 0 Å². The number of anilines is 1. The summed E-state index contributed by atoms with van der Waals surface area (Å²) in [4.78, 5) is 14.9. The van der Waals surface area contributed by atoms with Gasteiger partial charge in [0.25, 0.3) is 5.56 Å². The zero-order valence-electron chi connectivity index (χ0n) is 12.8. The maximum absolute atomic E-state index is 12.0. The Labute approximate surface area is 125 Å². The summed E-state index contributed by atoms with van der Waals surface area (Å²) >= 11 is 0. The minimum absolute atomic E-state index is 0.0751. The third kappa shape index (κ3) is 3.73. The molecule has 0 amide bonds. The number of hydrogen-bond acceptors (Lipinski definition) is 3. The average molecular weight is 286 g/mol. The molecule has 2 rings (SSSR count). The lowest BCUT2D eigenvalue weighted by atomic mass is 10.1. The van der Waals surface area contributed by atoms with Gasteiger partial charge in [-0.25, -0.2) is 0 Å². The molecule has 0 aliphatic rings. The van der Waals surface area contributed by atoms with Crippen LogP contribution in [0.25, 0.3) is 0 Å². The highest BCUT2D eigenvalue weighted by Crippen LogP contribution is 2.13. The van der Waals surface area contributed by atoms with E-state index in [1.54, 1.807) is 7.11 Å². The van der Waals surface area contributed by atoms with Crippen LogP contribution in [-0.4, -0.2) is 12.1 Å². The van der Waals surface area contributed by atoms with Crippen LogP contribution in [0.15, 0.2) is 35.1 Å². The molecule has 0 atom stereocenters. The van der Waals surface area contributed by atoms with Crippen LogP contribution in [0, 0.1) is 6.92 Å². The highest BCUT2D eigenvalue weighted by Gasteiger charge is 2.06. The largest absolute Gasteiger partial charge is 0.380 e. The minimum Gasteiger partial charge on any atom is -0.380 e. The Morgan fingerprint density at radius 3 is 2.57 bits per heavy atom. The number of hydrogen-bond donors (Lipinski definition) is 2. The first kappa shape index (κ1) is 15.3. The molecule has 0 unspecified atom stereocenters. The molecule has 0 radical (unpaired) electrons. The quantitative estimate of drug-likeness (QED) is 0.858. The van der Waals surface area contributed by atoms with Gasteiger partial charge in [0.2, 0.25) is 0 Å². The standard InChI is InChI=1S/C17H22N2O2/c1-4-13-9-16(17(20)19-12(13)2)18-10-14-7-5-6-8-15(14)11-21-3/h5-9,18H,4,10-11H2,1-3H3,(H,19,20). The van der Waals surface area contributed by atoms with Crippen molar-refractivity contribution in [3.05, 3.63) is 63.1 Å². The van der Waals surface area contributed by atoms with E-state index in [1.807, 2.05) is 37.3 Å². The minimum atomic E-state index is -0.0751. The van der Waals surface area contributed by atoms with E-state index in [1.165, 1.54) is 0 Å². The number of methoxy groups -OCH3 is 1. The molecule has 0 aliphatic carbocycles. The molecule has 2 N–H and O–H groups in total. The maximum Gasteiger partial charge on any atom is 0.271 e. The van der Waals surface area contributed by atoms with Crippen molar-refractivity contribution in [1.82, 2.24) is 4.98 Å². The molecule has 112 valence electrons. The third-order valence-electron chi connectivity index (χ3n) is 3.61. The molecule has 2 aromatic rings. The van der Waals surface area contributed by atoms with Gasteiger partial charge in [-0.2, -0.15) is 0 Å². The van der Waals surface area contributed by atoms with Crippen LogP contribution in [0.4, 0.5) is 5.69 Å². The molecule has 0 fully saturated rings. The molecule has 0 spiro atoms. The Morgan fingerprint density at radius 2 is 1.90 bits per heavy atom. The topological polar surface area (TPSA) is 54.1 Å². The molecule has 4 heteroatoms. The molecule has 0 saturated carbocycles. The van der Waals surface area contributed by atoms with Crippen molar-refractivity contribution in [3.63, 3.8) is 0 Å². The van der Waals surface area contributed by atoms with E-state index in [9.17, 15) is 4.79 Å². The number of ether oxygens (including phenoxy) is 1. The van der Waals surface area contributed by atoms with Gasteiger partial charge in [0.1, 0.15) is 5.69 Å². The van der Waals surface area contributed by atoms with Crippen molar-refractivity contribution in [2.45, 2.75) is 33.4 Å². The normalized spacial score (nSPS) is 10.6. The van der Waals surface area contributed by atoms with Gasteiger partial charge in [-0.1, -0.05) is 31.2 Å². The summed E-state index contributed by atoms with van der Waals surface area (Å²) in [5.74, 6) is 0. The summed E-state index contributed by atoms with van der Waals surface area (Å²) in [7, 11) is 1.68. The summed E-state index contributed by atoms with van der Waals surface area (Å²) in [5.41, 5.74) is 4.90. The Balaban J connectivity index is 2.19. The summed E-state index contributed by atoms with van der Waals surface area (Å²) in [6.45, 7) is 5.19. The van der Waals surface area contributed by atoms with Crippen LogP contribution in [0.3, 0.4) is 0 Å². The first-order chi connectivity index (χ1) is 10.2. The highest BCUT2D eigenvalue weighted by atomic mass is 16.5. The summed E-state index contributed by atoms with van der Waals surface area (Å²) < 4.78 is 5.20. The number of aromatic amines is 1. The first-order valence-electron chi connectivity index (χ1n) is 7.18. The lowest BCUT2D eigenvalue weighted by molar-refractivity contribution is 0.184. The zero-order valence-corrected chi connectivity index (χ0v) is 12.8. The second-order valence-corrected chi connectivity index (χ2v) is 5.07. The number of pyridine rings is 1. The predicted octanol–water partition coefficient (Wildman–Crippen LogP) is 3.00. The fourth-order valence-electron chi connectivity index (χ4n) is 2.38. The molecule has 4 nitrogen and oxygen atoms in total. The van der Waals surface area contributed by atoms with Gasteiger partial charge in [-0.3, -0.25) is 4.79 Å². The Hall–Kier alpha value is -2.07. The van der Waals surface area contributed by atoms with Crippen molar-refractivity contribution < 1.29 is 4.74 Å². The van der Waals surface area contributed by atoms with E-state index in [4.69, 9.17) is 4.74 Å². The van der Waals surface area contributed by atoms with Gasteiger partial charge in [0.05, 0.1) is 6.61 Å². The molecule has 1 aromatic heterocycles. The first-order valence-corrected chi connectivity index (χ1v) is 7.18. The lowest BCUT2D eigenvalue weighted by Crippen LogP contribution is -2.16. The van der Waals surface area contributed by atoms with Gasteiger partial charge in [0.15, 0.2) is 0 Å². The van der Waals surface area contributed by atoms with Gasteiger partial charge >= 0.3 is 0 Å². The molecule has 0 aliphatic heterocycles. The van der Waals surface area contributed by atoms with Crippen LogP contribution in [0.1, 0.15) is 29.3 Å². The highest BCUT2D eigenvalue weighted by molar-refractivity contribution is 5.46. The van der Waals surface area contributed by atoms with Gasteiger partial charge < -0.3 is 15.0 Å². The van der Waals surface area contributed by atoms with Crippen molar-refractivity contribution in [2.75, 3.05) is 12.4 Å². The molecular weight excluding hydrogens is 264 g/mol. The maximum atomic E-state index is 12.0. The predicted molar refractivity (Wildman–Crippen MR) is 85.7 cm³/mol. The van der Waals surface area contributed by atoms with Crippen LogP contribution < -0.4 is 10.9 Å². The molecule has 1 aromatic carbocycles. The van der Waals surface area contributed by atoms with E-state index in [0.717, 1.165) is 28.8 Å². The number of rotatable bonds is 6. The van der Waals surface area contributed by atoms with Crippen molar-refractivity contribution in [3.8, 4) is 0 Å². The van der Waals surface area contributed by atoms with Crippen molar-refractivity contribution >= 4 is 5.69 Å². The lowest BCUT2D eigenvalue weighted by Gasteiger charge is -2.12. The third-order valence-corrected chi connectivity index (χ3v) is 3.61. The molecular formula is C17H22N2O2.